The molecule has 1 aromatic carbocycles. The molecule has 3 aromatic rings. The van der Waals surface area contributed by atoms with Gasteiger partial charge in [-0.1, -0.05) is 12.1 Å². The highest BCUT2D eigenvalue weighted by atomic mass is 32.1. The summed E-state index contributed by atoms with van der Waals surface area (Å²) in [7, 11) is 1.49. The largest absolute Gasteiger partial charge is 0.383 e. The molecule has 0 spiro atoms. The van der Waals surface area contributed by atoms with Crippen LogP contribution < -0.4 is 20.1 Å². The fraction of sp³-hybridized carbons (Fsp3) is 0.190. The van der Waals surface area contributed by atoms with Gasteiger partial charge in [0.15, 0.2) is 5.57 Å². The molecule has 0 aliphatic heterocycles. The Kier molecular flexibility index (Phi) is 6.95. The first-order valence-corrected chi connectivity index (χ1v) is 10.6. The van der Waals surface area contributed by atoms with Gasteiger partial charge in [0.1, 0.15) is 16.5 Å². The minimum atomic E-state index is -0.653. The van der Waals surface area contributed by atoms with Gasteiger partial charge in [0.2, 0.25) is 0 Å². The Morgan fingerprint density at radius 1 is 1.37 bits per heavy atom. The van der Waals surface area contributed by atoms with E-state index in [9.17, 15) is 19.2 Å². The number of carbonyl (C=O) groups is 1. The van der Waals surface area contributed by atoms with Crippen LogP contribution in [0.25, 0.3) is 17.3 Å². The van der Waals surface area contributed by atoms with E-state index < -0.39 is 17.3 Å². The molecule has 2 aromatic heterocycles. The normalized spacial score (nSPS) is 12.5. The van der Waals surface area contributed by atoms with E-state index in [1.165, 1.54) is 36.6 Å². The lowest BCUT2D eigenvalue weighted by Gasteiger charge is -2.06. The molecule has 0 aliphatic carbocycles. The van der Waals surface area contributed by atoms with E-state index in [0.29, 0.717) is 4.53 Å². The first-order chi connectivity index (χ1) is 14.5. The van der Waals surface area contributed by atoms with Crippen LogP contribution in [0.3, 0.4) is 0 Å². The number of nitrogens with one attached hydrogen (secondary N) is 1. The fourth-order valence-electron chi connectivity index (χ4n) is 2.70. The molecular formula is C21H18FN3O3S2. The Labute approximate surface area is 179 Å². The van der Waals surface area contributed by atoms with Crippen LogP contribution in [-0.2, 0) is 9.53 Å². The number of methoxy groups -OCH3 is 1. The van der Waals surface area contributed by atoms with Crippen molar-refractivity contribution >= 4 is 40.2 Å². The van der Waals surface area contributed by atoms with Crippen molar-refractivity contribution in [2.45, 2.75) is 6.92 Å². The van der Waals surface area contributed by atoms with Crippen LogP contribution in [0, 0.1) is 24.1 Å². The second-order valence-electron chi connectivity index (χ2n) is 6.21. The van der Waals surface area contributed by atoms with Crippen molar-refractivity contribution in [3.8, 4) is 11.8 Å². The van der Waals surface area contributed by atoms with Gasteiger partial charge >= 0.3 is 0 Å². The van der Waals surface area contributed by atoms with Crippen molar-refractivity contribution in [2.24, 2.45) is 0 Å². The Balaban J connectivity index is 2.33. The number of amides is 1. The maximum atomic E-state index is 14.5. The minimum absolute atomic E-state index is 0.0197. The van der Waals surface area contributed by atoms with Gasteiger partial charge in [-0.05, 0) is 42.1 Å². The molecule has 0 saturated carbocycles. The zero-order valence-electron chi connectivity index (χ0n) is 16.3. The van der Waals surface area contributed by atoms with Crippen LogP contribution in [0.1, 0.15) is 10.4 Å². The van der Waals surface area contributed by atoms with Crippen molar-refractivity contribution < 1.29 is 13.9 Å². The molecule has 6 nitrogen and oxygen atoms in total. The summed E-state index contributed by atoms with van der Waals surface area (Å²) in [6.45, 7) is 2.39. The Morgan fingerprint density at radius 3 is 2.77 bits per heavy atom. The quantitative estimate of drug-likeness (QED) is 0.588. The SMILES string of the molecule is COCCNC(=O)C(C#N)=c1sc(=Cc2sccc2C)c(=O)n1-c1ccccc1F. The molecule has 0 radical (unpaired) electrons. The van der Waals surface area contributed by atoms with E-state index in [2.05, 4.69) is 5.32 Å². The van der Waals surface area contributed by atoms with Crippen LogP contribution >= 0.6 is 22.7 Å². The van der Waals surface area contributed by atoms with Gasteiger partial charge in [0.05, 0.1) is 16.8 Å². The van der Waals surface area contributed by atoms with E-state index in [4.69, 9.17) is 4.74 Å². The third kappa shape index (κ3) is 4.41. The molecule has 30 heavy (non-hydrogen) atoms. The highest BCUT2D eigenvalue weighted by Crippen LogP contribution is 2.16. The van der Waals surface area contributed by atoms with E-state index in [0.717, 1.165) is 26.3 Å². The van der Waals surface area contributed by atoms with Gasteiger partial charge in [0, 0.05) is 18.5 Å². The number of nitriles is 1. The lowest BCUT2D eigenvalue weighted by atomic mass is 10.2. The molecular weight excluding hydrogens is 425 g/mol. The molecule has 0 fully saturated rings. The van der Waals surface area contributed by atoms with Gasteiger partial charge < -0.3 is 10.1 Å². The zero-order valence-corrected chi connectivity index (χ0v) is 17.9. The molecule has 154 valence electrons. The van der Waals surface area contributed by atoms with Crippen molar-refractivity contribution in [2.75, 3.05) is 20.3 Å². The number of para-hydroxylation sites is 1. The number of aromatic nitrogens is 1. The first-order valence-electron chi connectivity index (χ1n) is 8.92. The van der Waals surface area contributed by atoms with E-state index in [1.54, 1.807) is 12.1 Å². The number of thiophene rings is 1. The maximum Gasteiger partial charge on any atom is 0.273 e. The molecule has 3 rings (SSSR count). The van der Waals surface area contributed by atoms with Crippen LogP contribution in [0.4, 0.5) is 4.39 Å². The topological polar surface area (TPSA) is 84.1 Å². The highest BCUT2D eigenvalue weighted by Gasteiger charge is 2.18. The monoisotopic (exact) mass is 443 g/mol. The van der Waals surface area contributed by atoms with E-state index in [-0.39, 0.29) is 29.1 Å². The average Bonchev–Trinajstić information content (AvgIpc) is 3.27. The summed E-state index contributed by atoms with van der Waals surface area (Å²) in [6, 6.07) is 9.54. The number of hydrogen-bond acceptors (Lipinski definition) is 6. The number of ether oxygens (including phenoxy) is 1. The summed E-state index contributed by atoms with van der Waals surface area (Å²) in [6.07, 6.45) is 1.70. The number of aryl methyl sites for hydroxylation is 1. The number of carbonyl (C=O) groups excluding carboxylic acids is 1. The van der Waals surface area contributed by atoms with Gasteiger partial charge in [-0.3, -0.25) is 14.2 Å². The number of thiazole rings is 1. The molecule has 1 N–H and O–H groups in total. The first kappa shape index (κ1) is 21.6. The highest BCUT2D eigenvalue weighted by molar-refractivity contribution is 7.11. The van der Waals surface area contributed by atoms with Gasteiger partial charge in [-0.25, -0.2) is 4.39 Å². The molecule has 0 unspecified atom stereocenters. The van der Waals surface area contributed by atoms with Gasteiger partial charge in [-0.2, -0.15) is 5.26 Å². The van der Waals surface area contributed by atoms with E-state index >= 15 is 0 Å². The molecule has 0 bridgehead atoms. The van der Waals surface area contributed by atoms with Crippen LogP contribution in [0.2, 0.25) is 0 Å². The van der Waals surface area contributed by atoms with Crippen molar-refractivity contribution in [3.05, 3.63) is 71.5 Å². The summed E-state index contributed by atoms with van der Waals surface area (Å²) in [4.78, 5) is 26.6. The van der Waals surface area contributed by atoms with Crippen molar-refractivity contribution in [1.82, 2.24) is 9.88 Å². The maximum absolute atomic E-state index is 14.5. The fourth-order valence-corrected chi connectivity index (χ4v) is 4.71. The molecule has 0 atom stereocenters. The number of halogens is 1. The molecule has 0 saturated heterocycles. The van der Waals surface area contributed by atoms with Gasteiger partial charge in [0.25, 0.3) is 11.5 Å². The molecule has 9 heteroatoms. The average molecular weight is 444 g/mol. The Morgan fingerprint density at radius 2 is 2.13 bits per heavy atom. The second kappa shape index (κ2) is 9.63. The molecule has 0 aliphatic rings. The van der Waals surface area contributed by atoms with Gasteiger partial charge in [-0.15, -0.1) is 22.7 Å². The summed E-state index contributed by atoms with van der Waals surface area (Å²) in [5.41, 5.74) is 0.215. The smallest absolute Gasteiger partial charge is 0.273 e. The number of rotatable bonds is 6. The Hall–Kier alpha value is -3.06. The van der Waals surface area contributed by atoms with Crippen molar-refractivity contribution in [1.29, 1.82) is 5.26 Å². The summed E-state index contributed by atoms with van der Waals surface area (Å²) < 4.78 is 20.9. The third-order valence-electron chi connectivity index (χ3n) is 4.23. The Bertz CT molecular complexity index is 1300. The molecule has 1 amide bonds. The minimum Gasteiger partial charge on any atom is -0.383 e. The van der Waals surface area contributed by atoms with E-state index in [1.807, 2.05) is 24.4 Å². The van der Waals surface area contributed by atoms with Crippen molar-refractivity contribution in [3.63, 3.8) is 0 Å². The van der Waals surface area contributed by atoms with Crippen LogP contribution in [0.5, 0.6) is 0 Å². The summed E-state index contributed by atoms with van der Waals surface area (Å²) >= 11 is 2.45. The summed E-state index contributed by atoms with van der Waals surface area (Å²) in [5, 5.41) is 14.1. The second-order valence-corrected chi connectivity index (χ2v) is 8.19. The van der Waals surface area contributed by atoms with Crippen LogP contribution in [0.15, 0.2) is 40.5 Å². The lowest BCUT2D eigenvalue weighted by Crippen LogP contribution is -2.35. The standard InChI is InChI=1S/C21H18FN3O3S2/c1-13-7-10-29-17(13)11-18-20(27)25(16-6-4-3-5-15(16)22)21(30-18)14(12-23)19(26)24-8-9-28-2/h3-7,10-11H,8-9H2,1-2H3,(H,24,26). The van der Waals surface area contributed by atoms with Crippen LogP contribution in [-0.4, -0.2) is 30.7 Å². The third-order valence-corrected chi connectivity index (χ3v) is 6.28. The number of hydrogen-bond donors (Lipinski definition) is 1. The predicted octanol–water partition coefficient (Wildman–Crippen LogP) is 1.67. The lowest BCUT2D eigenvalue weighted by molar-refractivity contribution is -0.115. The predicted molar refractivity (Wildman–Crippen MR) is 116 cm³/mol. The molecule has 2 heterocycles. The summed E-state index contributed by atoms with van der Waals surface area (Å²) in [5.74, 6) is -1.28. The number of nitrogens with zero attached hydrogens (tertiary/aromatic N) is 2. The zero-order chi connectivity index (χ0) is 21.7. The number of benzene rings is 1.